The monoisotopic (exact) mass is 296 g/mol. The normalized spacial score (nSPS) is 10.4. The van der Waals surface area contributed by atoms with Gasteiger partial charge in [-0.05, 0) is 36.8 Å². The first-order valence-corrected chi connectivity index (χ1v) is 6.08. The van der Waals surface area contributed by atoms with Gasteiger partial charge in [-0.15, -0.1) is 0 Å². The van der Waals surface area contributed by atoms with Crippen LogP contribution >= 0.6 is 11.6 Å². The summed E-state index contributed by atoms with van der Waals surface area (Å²) in [6, 6.07) is 6.44. The van der Waals surface area contributed by atoms with Gasteiger partial charge in [-0.2, -0.15) is 0 Å². The highest BCUT2D eigenvalue weighted by molar-refractivity contribution is 6.31. The van der Waals surface area contributed by atoms with Gasteiger partial charge in [0, 0.05) is 10.7 Å². The van der Waals surface area contributed by atoms with Crippen molar-refractivity contribution >= 4 is 28.9 Å². The van der Waals surface area contributed by atoms with Crippen molar-refractivity contribution in [1.29, 1.82) is 0 Å². The molecule has 0 aliphatic carbocycles. The van der Waals surface area contributed by atoms with Crippen molar-refractivity contribution in [3.63, 3.8) is 0 Å². The van der Waals surface area contributed by atoms with Crippen LogP contribution in [0, 0.1) is 18.6 Å². The topological polar surface area (TPSA) is 55.1 Å². The Bertz CT molecular complexity index is 689. The highest BCUT2D eigenvalue weighted by atomic mass is 35.5. The summed E-state index contributed by atoms with van der Waals surface area (Å²) >= 11 is 5.92. The number of halogens is 3. The number of nitrogens with one attached hydrogen (secondary N) is 1. The molecule has 1 amide bonds. The van der Waals surface area contributed by atoms with E-state index in [0.717, 1.165) is 17.7 Å². The molecule has 0 saturated carbocycles. The van der Waals surface area contributed by atoms with E-state index in [-0.39, 0.29) is 0 Å². The second kappa shape index (κ2) is 5.46. The Kier molecular flexibility index (Phi) is 3.90. The first kappa shape index (κ1) is 14.3. The molecule has 20 heavy (non-hydrogen) atoms. The fourth-order valence-electron chi connectivity index (χ4n) is 1.64. The molecule has 2 aromatic rings. The molecule has 0 aliphatic heterocycles. The Morgan fingerprint density at radius 3 is 2.60 bits per heavy atom. The molecule has 0 aromatic heterocycles. The predicted octanol–water partition coefficient (Wildman–Crippen LogP) is 3.76. The Balaban J connectivity index is 2.30. The minimum Gasteiger partial charge on any atom is -0.396 e. The lowest BCUT2D eigenvalue weighted by Crippen LogP contribution is -2.15. The summed E-state index contributed by atoms with van der Waals surface area (Å²) in [6.45, 7) is 1.81. The van der Waals surface area contributed by atoms with Crippen LogP contribution in [0.3, 0.4) is 0 Å². The average Bonchev–Trinajstić information content (AvgIpc) is 2.38. The smallest absolute Gasteiger partial charge is 0.258 e. The van der Waals surface area contributed by atoms with E-state index < -0.39 is 28.8 Å². The van der Waals surface area contributed by atoms with Crippen LogP contribution in [0.2, 0.25) is 5.02 Å². The van der Waals surface area contributed by atoms with E-state index in [1.54, 1.807) is 19.1 Å². The van der Waals surface area contributed by atoms with Gasteiger partial charge in [0.05, 0.1) is 11.3 Å². The molecule has 0 radical (unpaired) electrons. The molecule has 0 spiro atoms. The van der Waals surface area contributed by atoms with Crippen molar-refractivity contribution in [1.82, 2.24) is 0 Å². The highest BCUT2D eigenvalue weighted by Gasteiger charge is 2.16. The van der Waals surface area contributed by atoms with Crippen molar-refractivity contribution in [2.75, 3.05) is 11.1 Å². The van der Waals surface area contributed by atoms with Crippen LogP contribution in [0.1, 0.15) is 15.9 Å². The first-order chi connectivity index (χ1) is 9.38. The molecule has 6 heteroatoms. The third-order valence-corrected chi connectivity index (χ3v) is 3.15. The lowest BCUT2D eigenvalue weighted by molar-refractivity contribution is 0.102. The van der Waals surface area contributed by atoms with Crippen molar-refractivity contribution in [2.45, 2.75) is 6.92 Å². The average molecular weight is 297 g/mol. The van der Waals surface area contributed by atoms with Crippen LogP contribution in [0.4, 0.5) is 20.2 Å². The molecule has 0 atom stereocenters. The van der Waals surface area contributed by atoms with Gasteiger partial charge < -0.3 is 11.1 Å². The van der Waals surface area contributed by atoms with Crippen molar-refractivity contribution in [3.8, 4) is 0 Å². The van der Waals surface area contributed by atoms with Gasteiger partial charge in [0.2, 0.25) is 0 Å². The minimum atomic E-state index is -0.956. The molecule has 0 aliphatic rings. The summed E-state index contributed by atoms with van der Waals surface area (Å²) in [6.07, 6.45) is 0. The fourth-order valence-corrected chi connectivity index (χ4v) is 1.83. The molecule has 2 rings (SSSR count). The Labute approximate surface area is 119 Å². The zero-order chi connectivity index (χ0) is 14.9. The van der Waals surface area contributed by atoms with Gasteiger partial charge in [-0.25, -0.2) is 8.78 Å². The maximum atomic E-state index is 13.7. The van der Waals surface area contributed by atoms with Gasteiger partial charge in [-0.1, -0.05) is 17.7 Å². The third kappa shape index (κ3) is 2.88. The minimum absolute atomic E-state index is 0.382. The Morgan fingerprint density at radius 2 is 1.95 bits per heavy atom. The molecular weight excluding hydrogens is 286 g/mol. The molecule has 0 unspecified atom stereocenters. The number of nitrogen functional groups attached to an aromatic ring is 1. The van der Waals surface area contributed by atoms with Crippen LogP contribution in [0.25, 0.3) is 0 Å². The van der Waals surface area contributed by atoms with Gasteiger partial charge in [-0.3, -0.25) is 4.79 Å². The molecule has 3 nitrogen and oxygen atoms in total. The Hall–Kier alpha value is -2.14. The van der Waals surface area contributed by atoms with Crippen LogP contribution in [0.5, 0.6) is 0 Å². The van der Waals surface area contributed by atoms with E-state index in [1.807, 2.05) is 0 Å². The molecule has 2 aromatic carbocycles. The van der Waals surface area contributed by atoms with E-state index in [0.29, 0.717) is 10.7 Å². The molecule has 0 bridgehead atoms. The van der Waals surface area contributed by atoms with E-state index in [2.05, 4.69) is 5.32 Å². The predicted molar refractivity (Wildman–Crippen MR) is 74.9 cm³/mol. The SMILES string of the molecule is Cc1ccc(NC(=O)c2cc(F)cc(N)c2F)cc1Cl. The summed E-state index contributed by atoms with van der Waals surface area (Å²) in [5, 5.41) is 2.90. The van der Waals surface area contributed by atoms with E-state index in [4.69, 9.17) is 17.3 Å². The van der Waals surface area contributed by atoms with Crippen molar-refractivity contribution in [2.24, 2.45) is 0 Å². The second-order valence-corrected chi connectivity index (χ2v) is 4.68. The standard InChI is InChI=1S/C14H11ClF2N2O/c1-7-2-3-9(6-11(7)15)19-14(20)10-4-8(16)5-12(18)13(10)17/h2-6H,18H2,1H3,(H,19,20). The van der Waals surface area contributed by atoms with Gasteiger partial charge in [0.1, 0.15) is 5.82 Å². The molecule has 104 valence electrons. The lowest BCUT2D eigenvalue weighted by atomic mass is 10.1. The van der Waals surface area contributed by atoms with E-state index in [9.17, 15) is 13.6 Å². The molecule has 0 fully saturated rings. The zero-order valence-electron chi connectivity index (χ0n) is 10.5. The van der Waals surface area contributed by atoms with Crippen molar-refractivity contribution < 1.29 is 13.6 Å². The van der Waals surface area contributed by atoms with Crippen LogP contribution < -0.4 is 11.1 Å². The Morgan fingerprint density at radius 1 is 1.25 bits per heavy atom. The summed E-state index contributed by atoms with van der Waals surface area (Å²) in [7, 11) is 0. The van der Waals surface area contributed by atoms with Gasteiger partial charge >= 0.3 is 0 Å². The lowest BCUT2D eigenvalue weighted by Gasteiger charge is -2.09. The quantitative estimate of drug-likeness (QED) is 0.829. The van der Waals surface area contributed by atoms with E-state index >= 15 is 0 Å². The molecule has 0 heterocycles. The molecular formula is C14H11ClF2N2O. The number of anilines is 2. The fraction of sp³-hybridized carbons (Fsp3) is 0.0714. The van der Waals surface area contributed by atoms with Crippen molar-refractivity contribution in [3.05, 3.63) is 58.1 Å². The first-order valence-electron chi connectivity index (χ1n) is 5.70. The highest BCUT2D eigenvalue weighted by Crippen LogP contribution is 2.22. The number of carbonyl (C=O) groups is 1. The number of hydrogen-bond acceptors (Lipinski definition) is 2. The number of nitrogens with two attached hydrogens (primary N) is 1. The summed E-state index contributed by atoms with van der Waals surface area (Å²) in [5.41, 5.74) is 5.62. The maximum Gasteiger partial charge on any atom is 0.258 e. The summed E-state index contributed by atoms with van der Waals surface area (Å²) in [5.74, 6) is -2.54. The second-order valence-electron chi connectivity index (χ2n) is 4.27. The largest absolute Gasteiger partial charge is 0.396 e. The third-order valence-electron chi connectivity index (χ3n) is 2.74. The number of aryl methyl sites for hydroxylation is 1. The van der Waals surface area contributed by atoms with Crippen LogP contribution in [0.15, 0.2) is 30.3 Å². The maximum absolute atomic E-state index is 13.7. The van der Waals surface area contributed by atoms with Gasteiger partial charge in [0.15, 0.2) is 5.82 Å². The molecule has 3 N–H and O–H groups in total. The summed E-state index contributed by atoms with van der Waals surface area (Å²) in [4.78, 5) is 11.9. The number of benzene rings is 2. The number of carbonyl (C=O) groups excluding carboxylic acids is 1. The number of rotatable bonds is 2. The van der Waals surface area contributed by atoms with E-state index in [1.165, 1.54) is 6.07 Å². The van der Waals surface area contributed by atoms with Crippen LogP contribution in [-0.4, -0.2) is 5.91 Å². The summed E-state index contributed by atoms with van der Waals surface area (Å²) < 4.78 is 26.9. The van der Waals surface area contributed by atoms with Crippen LogP contribution in [-0.2, 0) is 0 Å². The molecule has 0 saturated heterocycles. The number of hydrogen-bond donors (Lipinski definition) is 2. The van der Waals surface area contributed by atoms with Gasteiger partial charge in [0.25, 0.3) is 5.91 Å². The zero-order valence-corrected chi connectivity index (χ0v) is 11.3. The number of amides is 1.